The lowest BCUT2D eigenvalue weighted by atomic mass is 10.3. The molecule has 5 heteroatoms. The molecule has 3 aromatic rings. The largest absolute Gasteiger partial charge is 0.426 e. The predicted molar refractivity (Wildman–Crippen MR) is 64.6 cm³/mol. The normalized spacial score (nSPS) is 10.8. The molecular formula is C12H10N4O. The summed E-state index contributed by atoms with van der Waals surface area (Å²) in [6.45, 7) is 0. The minimum absolute atomic E-state index is 0.457. The van der Waals surface area contributed by atoms with Crippen LogP contribution < -0.4 is 5.73 Å². The van der Waals surface area contributed by atoms with E-state index in [1.165, 1.54) is 0 Å². The molecule has 0 atom stereocenters. The van der Waals surface area contributed by atoms with Crippen LogP contribution in [-0.2, 0) is 0 Å². The number of fused-ring (bicyclic) bond motifs is 1. The lowest BCUT2D eigenvalue weighted by Crippen LogP contribution is -1.94. The van der Waals surface area contributed by atoms with Gasteiger partial charge in [-0.2, -0.15) is 4.73 Å². The quantitative estimate of drug-likeness (QED) is 0.491. The van der Waals surface area contributed by atoms with E-state index in [0.717, 1.165) is 10.3 Å². The number of benzene rings is 1. The maximum Gasteiger partial charge on any atom is 0.178 e. The first kappa shape index (κ1) is 9.65. The van der Waals surface area contributed by atoms with Gasteiger partial charge in [-0.05, 0) is 30.3 Å². The van der Waals surface area contributed by atoms with Crippen LogP contribution in [-0.4, -0.2) is 19.9 Å². The molecule has 0 aliphatic rings. The SMILES string of the molecule is Nc1ccc2nc(-c3cccnc3)n(O)c2c1. The van der Waals surface area contributed by atoms with Gasteiger partial charge in [0.1, 0.15) is 5.52 Å². The average molecular weight is 226 g/mol. The van der Waals surface area contributed by atoms with Crippen LogP contribution in [0.25, 0.3) is 22.4 Å². The fourth-order valence-corrected chi connectivity index (χ4v) is 1.76. The number of rotatable bonds is 1. The highest BCUT2D eigenvalue weighted by atomic mass is 16.5. The molecule has 5 nitrogen and oxygen atoms in total. The number of anilines is 1. The average Bonchev–Trinajstić information content (AvgIpc) is 2.68. The third-order valence-electron chi connectivity index (χ3n) is 2.57. The van der Waals surface area contributed by atoms with E-state index in [1.54, 1.807) is 36.7 Å². The van der Waals surface area contributed by atoms with Crippen LogP contribution in [0.5, 0.6) is 0 Å². The van der Waals surface area contributed by atoms with Crippen LogP contribution in [0.1, 0.15) is 0 Å². The number of hydrogen-bond acceptors (Lipinski definition) is 4. The Morgan fingerprint density at radius 1 is 1.24 bits per heavy atom. The second-order valence-corrected chi connectivity index (χ2v) is 3.74. The third kappa shape index (κ3) is 1.48. The van der Waals surface area contributed by atoms with E-state index in [2.05, 4.69) is 9.97 Å². The second kappa shape index (κ2) is 3.48. The number of nitrogens with zero attached hydrogens (tertiary/aromatic N) is 3. The minimum Gasteiger partial charge on any atom is -0.426 e. The van der Waals surface area contributed by atoms with Crippen molar-refractivity contribution in [2.24, 2.45) is 0 Å². The van der Waals surface area contributed by atoms with E-state index in [-0.39, 0.29) is 0 Å². The van der Waals surface area contributed by atoms with Crippen molar-refractivity contribution in [1.82, 2.24) is 14.7 Å². The fraction of sp³-hybridized carbons (Fsp3) is 0. The molecule has 0 bridgehead atoms. The van der Waals surface area contributed by atoms with Gasteiger partial charge in [0.25, 0.3) is 0 Å². The van der Waals surface area contributed by atoms with Crippen LogP contribution in [0.3, 0.4) is 0 Å². The van der Waals surface area contributed by atoms with Gasteiger partial charge < -0.3 is 10.9 Å². The van der Waals surface area contributed by atoms with Crippen molar-refractivity contribution in [1.29, 1.82) is 0 Å². The topological polar surface area (TPSA) is 77.0 Å². The maximum atomic E-state index is 10.0. The zero-order chi connectivity index (χ0) is 11.8. The van der Waals surface area contributed by atoms with E-state index in [0.29, 0.717) is 22.5 Å². The number of imidazole rings is 1. The Hall–Kier alpha value is -2.56. The summed E-state index contributed by atoms with van der Waals surface area (Å²) >= 11 is 0. The number of pyridine rings is 1. The van der Waals surface area contributed by atoms with Gasteiger partial charge in [0, 0.05) is 23.6 Å². The van der Waals surface area contributed by atoms with Crippen molar-refractivity contribution in [3.63, 3.8) is 0 Å². The smallest absolute Gasteiger partial charge is 0.178 e. The highest BCUT2D eigenvalue weighted by molar-refractivity contribution is 5.82. The number of nitrogens with two attached hydrogens (primary N) is 1. The zero-order valence-electron chi connectivity index (χ0n) is 8.91. The molecule has 0 spiro atoms. The molecule has 0 aliphatic heterocycles. The molecule has 84 valence electrons. The predicted octanol–water partition coefficient (Wildman–Crippen LogP) is 1.92. The molecule has 1 aromatic carbocycles. The zero-order valence-corrected chi connectivity index (χ0v) is 8.91. The summed E-state index contributed by atoms with van der Waals surface area (Å²) in [5.41, 5.74) is 8.30. The number of nitrogen functional groups attached to an aromatic ring is 1. The number of hydrogen-bond donors (Lipinski definition) is 2. The Bertz CT molecular complexity index is 676. The molecule has 17 heavy (non-hydrogen) atoms. The summed E-state index contributed by atoms with van der Waals surface area (Å²) in [4.78, 5) is 8.34. The van der Waals surface area contributed by atoms with Crippen molar-refractivity contribution in [2.75, 3.05) is 5.73 Å². The Kier molecular flexibility index (Phi) is 1.98. The van der Waals surface area contributed by atoms with Gasteiger partial charge in [-0.3, -0.25) is 4.98 Å². The van der Waals surface area contributed by atoms with Gasteiger partial charge in [0.15, 0.2) is 5.82 Å². The second-order valence-electron chi connectivity index (χ2n) is 3.74. The van der Waals surface area contributed by atoms with E-state index in [9.17, 15) is 5.21 Å². The van der Waals surface area contributed by atoms with E-state index in [1.807, 2.05) is 6.07 Å². The summed E-state index contributed by atoms with van der Waals surface area (Å²) in [6, 6.07) is 8.84. The first-order valence-electron chi connectivity index (χ1n) is 5.13. The maximum absolute atomic E-state index is 10.0. The first-order chi connectivity index (χ1) is 8.25. The molecule has 0 saturated heterocycles. The van der Waals surface area contributed by atoms with Gasteiger partial charge in [-0.15, -0.1) is 0 Å². The van der Waals surface area contributed by atoms with Gasteiger partial charge in [-0.25, -0.2) is 4.98 Å². The van der Waals surface area contributed by atoms with E-state index < -0.39 is 0 Å². The van der Waals surface area contributed by atoms with E-state index >= 15 is 0 Å². The standard InChI is InChI=1S/C12H10N4O/c13-9-3-4-10-11(6-9)16(17)12(15-10)8-2-1-5-14-7-8/h1-7,17H,13H2. The Morgan fingerprint density at radius 2 is 2.12 bits per heavy atom. The fourth-order valence-electron chi connectivity index (χ4n) is 1.76. The van der Waals surface area contributed by atoms with Gasteiger partial charge in [0.05, 0.1) is 5.52 Å². The van der Waals surface area contributed by atoms with Crippen LogP contribution >= 0.6 is 0 Å². The molecule has 3 N–H and O–H groups in total. The summed E-state index contributed by atoms with van der Waals surface area (Å²) in [5, 5.41) is 10.0. The molecule has 0 aliphatic carbocycles. The van der Waals surface area contributed by atoms with Crippen molar-refractivity contribution in [3.05, 3.63) is 42.7 Å². The third-order valence-corrected chi connectivity index (χ3v) is 2.57. The summed E-state index contributed by atoms with van der Waals surface area (Å²) in [5.74, 6) is 0.457. The summed E-state index contributed by atoms with van der Waals surface area (Å²) < 4.78 is 1.03. The molecule has 0 radical (unpaired) electrons. The van der Waals surface area contributed by atoms with Crippen LogP contribution in [0.4, 0.5) is 5.69 Å². The molecular weight excluding hydrogens is 216 g/mol. The van der Waals surface area contributed by atoms with Crippen molar-refractivity contribution >= 4 is 16.7 Å². The Morgan fingerprint density at radius 3 is 2.88 bits per heavy atom. The monoisotopic (exact) mass is 226 g/mol. The molecule has 3 rings (SSSR count). The minimum atomic E-state index is 0.457. The van der Waals surface area contributed by atoms with Crippen molar-refractivity contribution < 1.29 is 5.21 Å². The molecule has 2 heterocycles. The summed E-state index contributed by atoms with van der Waals surface area (Å²) in [7, 11) is 0. The van der Waals surface area contributed by atoms with Crippen LogP contribution in [0.2, 0.25) is 0 Å². The molecule has 0 fully saturated rings. The summed E-state index contributed by atoms with van der Waals surface area (Å²) in [6.07, 6.45) is 3.32. The van der Waals surface area contributed by atoms with Crippen LogP contribution in [0, 0.1) is 0 Å². The van der Waals surface area contributed by atoms with Crippen molar-refractivity contribution in [3.8, 4) is 11.4 Å². The van der Waals surface area contributed by atoms with E-state index in [4.69, 9.17) is 5.73 Å². The number of aromatic nitrogens is 3. The van der Waals surface area contributed by atoms with Crippen molar-refractivity contribution in [2.45, 2.75) is 0 Å². The van der Waals surface area contributed by atoms with Gasteiger partial charge in [-0.1, -0.05) is 0 Å². The lowest BCUT2D eigenvalue weighted by molar-refractivity contribution is 0.203. The molecule has 0 saturated carbocycles. The van der Waals surface area contributed by atoms with Crippen LogP contribution in [0.15, 0.2) is 42.7 Å². The van der Waals surface area contributed by atoms with Gasteiger partial charge in [0.2, 0.25) is 0 Å². The molecule has 2 aromatic heterocycles. The Balaban J connectivity index is 2.28. The lowest BCUT2D eigenvalue weighted by Gasteiger charge is -1.99. The van der Waals surface area contributed by atoms with Gasteiger partial charge >= 0.3 is 0 Å². The molecule has 0 unspecified atom stereocenters. The Labute approximate surface area is 97.1 Å². The molecule has 0 amide bonds. The highest BCUT2D eigenvalue weighted by Crippen LogP contribution is 2.23. The highest BCUT2D eigenvalue weighted by Gasteiger charge is 2.11. The first-order valence-corrected chi connectivity index (χ1v) is 5.13.